The Morgan fingerprint density at radius 3 is 2.12 bits per heavy atom. The van der Waals surface area contributed by atoms with Crippen molar-refractivity contribution in [2.45, 2.75) is 31.8 Å². The number of halogens is 2. The van der Waals surface area contributed by atoms with Gasteiger partial charge in [-0.25, -0.2) is 0 Å². The van der Waals surface area contributed by atoms with Crippen molar-refractivity contribution in [3.05, 3.63) is 26.6 Å². The van der Waals surface area contributed by atoms with E-state index in [1.54, 1.807) is 0 Å². The minimum absolute atomic E-state index is 0.262. The van der Waals surface area contributed by atoms with Crippen LogP contribution in [0.3, 0.4) is 0 Å². The Labute approximate surface area is 166 Å². The van der Waals surface area contributed by atoms with Crippen molar-refractivity contribution in [1.82, 2.24) is 9.80 Å². The van der Waals surface area contributed by atoms with E-state index in [4.69, 9.17) is 4.74 Å². The van der Waals surface area contributed by atoms with Gasteiger partial charge in [0.25, 0.3) is 0 Å². The van der Waals surface area contributed by atoms with Gasteiger partial charge in [0.15, 0.2) is 0 Å². The third kappa shape index (κ3) is 3.65. The summed E-state index contributed by atoms with van der Waals surface area (Å²) in [5.41, 5.74) is 0.646. The molecule has 3 heterocycles. The van der Waals surface area contributed by atoms with Gasteiger partial charge in [-0.3, -0.25) is 0 Å². The summed E-state index contributed by atoms with van der Waals surface area (Å²) in [7, 11) is 0. The van der Waals surface area contributed by atoms with Crippen LogP contribution >= 0.6 is 31.9 Å². The first-order valence-corrected chi connectivity index (χ1v) is 10.9. The van der Waals surface area contributed by atoms with Crippen LogP contribution in [0.5, 0.6) is 5.75 Å². The van der Waals surface area contributed by atoms with Gasteiger partial charge in [0.2, 0.25) is 0 Å². The molecule has 0 unspecified atom stereocenters. The molecule has 4 nitrogen and oxygen atoms in total. The van der Waals surface area contributed by atoms with Crippen LogP contribution in [-0.2, 0) is 0 Å². The molecule has 1 aromatic rings. The summed E-state index contributed by atoms with van der Waals surface area (Å²) in [6, 6.07) is 4.01. The minimum atomic E-state index is -0.508. The highest BCUT2D eigenvalue weighted by Crippen LogP contribution is 2.48. The van der Waals surface area contributed by atoms with E-state index in [0.29, 0.717) is 6.61 Å². The maximum atomic E-state index is 11.5. The molecule has 4 rings (SSSR count). The van der Waals surface area contributed by atoms with Crippen LogP contribution in [0.4, 0.5) is 0 Å². The topological polar surface area (TPSA) is 35.9 Å². The van der Waals surface area contributed by atoms with Gasteiger partial charge in [0.05, 0.1) is 22.6 Å². The van der Waals surface area contributed by atoms with Crippen molar-refractivity contribution < 1.29 is 9.84 Å². The van der Waals surface area contributed by atoms with E-state index in [0.717, 1.165) is 59.5 Å². The minimum Gasteiger partial charge on any atom is -0.491 e. The molecule has 0 saturated carbocycles. The number of hydrogen-bond donors (Lipinski definition) is 1. The van der Waals surface area contributed by atoms with Crippen LogP contribution in [-0.4, -0.2) is 60.8 Å². The molecule has 138 valence electrons. The van der Waals surface area contributed by atoms with Gasteiger partial charge < -0.3 is 19.6 Å². The predicted octanol–water partition coefficient (Wildman–Crippen LogP) is 3.82. The molecule has 2 saturated heterocycles. The number of nitrogens with zero attached hydrogens (tertiary/aromatic N) is 2. The zero-order valence-corrected chi connectivity index (χ0v) is 17.7. The molecule has 0 bridgehead atoms. The number of hydrogen-bond acceptors (Lipinski definition) is 4. The van der Waals surface area contributed by atoms with Gasteiger partial charge in [-0.05, 0) is 79.9 Å². The molecule has 6 heteroatoms. The highest BCUT2D eigenvalue weighted by Gasteiger charge is 2.47. The van der Waals surface area contributed by atoms with Crippen LogP contribution in [0.1, 0.15) is 37.4 Å². The molecule has 3 aliphatic heterocycles. The zero-order chi connectivity index (χ0) is 17.4. The van der Waals surface area contributed by atoms with Gasteiger partial charge >= 0.3 is 0 Å². The molecule has 0 aromatic heterocycles. The molecule has 1 N–H and O–H groups in total. The molecule has 0 spiro atoms. The summed E-state index contributed by atoms with van der Waals surface area (Å²) < 4.78 is 8.12. The number of likely N-dealkylation sites (tertiary alicyclic amines) is 2. The average Bonchev–Trinajstić information content (AvgIpc) is 3.25. The van der Waals surface area contributed by atoms with E-state index < -0.39 is 6.10 Å². The maximum absolute atomic E-state index is 11.5. The largest absolute Gasteiger partial charge is 0.491 e. The lowest BCUT2D eigenvalue weighted by atomic mass is 9.76. The number of benzene rings is 1. The van der Waals surface area contributed by atoms with Gasteiger partial charge in [0.1, 0.15) is 5.75 Å². The Bertz CT molecular complexity index is 610. The molecular formula is C19H26Br2N2O2. The van der Waals surface area contributed by atoms with Crippen LogP contribution in [0.15, 0.2) is 21.1 Å². The van der Waals surface area contributed by atoms with E-state index in [9.17, 15) is 5.11 Å². The Balaban J connectivity index is 1.66. The molecule has 0 aliphatic carbocycles. The lowest BCUT2D eigenvalue weighted by molar-refractivity contribution is -0.0656. The summed E-state index contributed by atoms with van der Waals surface area (Å²) in [5, 5.41) is 11.5. The Kier molecular flexibility index (Phi) is 5.45. The van der Waals surface area contributed by atoms with Gasteiger partial charge in [-0.15, -0.1) is 0 Å². The first-order chi connectivity index (χ1) is 12.1. The fraction of sp³-hybridized carbons (Fsp3) is 0.684. The van der Waals surface area contributed by atoms with E-state index in [2.05, 4.69) is 41.7 Å². The molecule has 0 radical (unpaired) electrons. The number of aliphatic hydroxyl groups is 1. The first kappa shape index (κ1) is 18.2. The summed E-state index contributed by atoms with van der Waals surface area (Å²) in [4.78, 5) is 5.03. The SMILES string of the molecule is O[C@@H]1c2cc(Br)cc(Br)c2OCC1(CN1CCCC1)CN1CCCC1. The smallest absolute Gasteiger partial charge is 0.139 e. The summed E-state index contributed by atoms with van der Waals surface area (Å²) in [6.45, 7) is 6.97. The lowest BCUT2D eigenvalue weighted by Crippen LogP contribution is -2.53. The maximum Gasteiger partial charge on any atom is 0.139 e. The second-order valence-corrected chi connectivity index (χ2v) is 9.60. The second-order valence-electron chi connectivity index (χ2n) is 7.83. The lowest BCUT2D eigenvalue weighted by Gasteiger charge is -2.46. The van der Waals surface area contributed by atoms with Crippen LogP contribution in [0.2, 0.25) is 0 Å². The zero-order valence-electron chi connectivity index (χ0n) is 14.5. The fourth-order valence-corrected chi connectivity index (χ4v) is 6.02. The van der Waals surface area contributed by atoms with Crippen molar-refractivity contribution in [3.63, 3.8) is 0 Å². The molecule has 0 amide bonds. The van der Waals surface area contributed by atoms with E-state index in [1.807, 2.05) is 12.1 Å². The quantitative estimate of drug-likeness (QED) is 0.721. The highest BCUT2D eigenvalue weighted by molar-refractivity contribution is 9.11. The molecule has 2 fully saturated rings. The van der Waals surface area contributed by atoms with Crippen LogP contribution < -0.4 is 4.74 Å². The van der Waals surface area contributed by atoms with Crippen molar-refractivity contribution in [3.8, 4) is 5.75 Å². The van der Waals surface area contributed by atoms with Crippen LogP contribution in [0, 0.1) is 5.41 Å². The Morgan fingerprint density at radius 1 is 1.00 bits per heavy atom. The second kappa shape index (κ2) is 7.47. The van der Waals surface area contributed by atoms with E-state index in [-0.39, 0.29) is 5.41 Å². The average molecular weight is 474 g/mol. The first-order valence-electron chi connectivity index (χ1n) is 9.32. The fourth-order valence-electron chi connectivity index (χ4n) is 4.65. The predicted molar refractivity (Wildman–Crippen MR) is 106 cm³/mol. The molecule has 3 aliphatic rings. The van der Waals surface area contributed by atoms with Gasteiger partial charge in [-0.2, -0.15) is 0 Å². The molecule has 1 atom stereocenters. The third-order valence-electron chi connectivity index (χ3n) is 5.89. The number of fused-ring (bicyclic) bond motifs is 1. The van der Waals surface area contributed by atoms with E-state index >= 15 is 0 Å². The summed E-state index contributed by atoms with van der Waals surface area (Å²) >= 11 is 7.15. The third-order valence-corrected chi connectivity index (χ3v) is 6.94. The van der Waals surface area contributed by atoms with Crippen molar-refractivity contribution in [2.24, 2.45) is 5.41 Å². The highest BCUT2D eigenvalue weighted by atomic mass is 79.9. The molecule has 1 aromatic carbocycles. The monoisotopic (exact) mass is 472 g/mol. The van der Waals surface area contributed by atoms with Crippen molar-refractivity contribution >= 4 is 31.9 Å². The summed E-state index contributed by atoms with van der Waals surface area (Å²) in [5.74, 6) is 0.800. The number of rotatable bonds is 4. The number of aliphatic hydroxyl groups excluding tert-OH is 1. The Morgan fingerprint density at radius 2 is 1.56 bits per heavy atom. The van der Waals surface area contributed by atoms with Gasteiger partial charge in [-0.1, -0.05) is 15.9 Å². The summed E-state index contributed by atoms with van der Waals surface area (Å²) in [6.07, 6.45) is 4.57. The molecule has 25 heavy (non-hydrogen) atoms. The molecular weight excluding hydrogens is 448 g/mol. The van der Waals surface area contributed by atoms with Gasteiger partial charge in [0, 0.05) is 23.1 Å². The van der Waals surface area contributed by atoms with Crippen molar-refractivity contribution in [1.29, 1.82) is 0 Å². The van der Waals surface area contributed by atoms with Crippen molar-refractivity contribution in [2.75, 3.05) is 45.9 Å². The van der Waals surface area contributed by atoms with E-state index in [1.165, 1.54) is 25.7 Å². The Hall–Kier alpha value is -0.140. The normalized spacial score (nSPS) is 26.6. The standard InChI is InChI=1S/C19H26Br2N2O2/c20-14-9-15-17(16(21)10-14)25-13-19(18(15)24,11-22-5-1-2-6-22)12-23-7-3-4-8-23/h9-10,18,24H,1-8,11-13H2/t18-/m1/s1. The van der Waals surface area contributed by atoms with Crippen LogP contribution in [0.25, 0.3) is 0 Å². The number of ether oxygens (including phenoxy) is 1.